The van der Waals surface area contributed by atoms with Crippen molar-refractivity contribution in [3.05, 3.63) is 23.3 Å². The van der Waals surface area contributed by atoms with Crippen molar-refractivity contribution in [3.63, 3.8) is 0 Å². The number of phenolic OH excluding ortho intramolecular Hbond substituents is 1. The molecule has 0 aromatic heterocycles. The number of phenols is 1. The number of benzene rings is 1. The molecule has 1 aromatic carbocycles. The summed E-state index contributed by atoms with van der Waals surface area (Å²) in [6.45, 7) is 4.57. The molecule has 0 saturated carbocycles. The highest BCUT2D eigenvalue weighted by molar-refractivity contribution is 5.71. The Labute approximate surface area is 137 Å². The lowest BCUT2D eigenvalue weighted by Crippen LogP contribution is -2.49. The molecule has 0 bridgehead atoms. The van der Waals surface area contributed by atoms with Crippen molar-refractivity contribution in [2.45, 2.75) is 45.1 Å². The van der Waals surface area contributed by atoms with Crippen LogP contribution in [0.15, 0.2) is 12.1 Å². The minimum absolute atomic E-state index is 0.136. The van der Waals surface area contributed by atoms with E-state index in [2.05, 4.69) is 17.1 Å². The summed E-state index contributed by atoms with van der Waals surface area (Å²) in [7, 11) is 1.51. The molecule has 1 saturated heterocycles. The van der Waals surface area contributed by atoms with Gasteiger partial charge in [0.2, 0.25) is 0 Å². The summed E-state index contributed by atoms with van der Waals surface area (Å²) in [5.74, 6) is 0.976. The van der Waals surface area contributed by atoms with Crippen molar-refractivity contribution < 1.29 is 14.6 Å². The summed E-state index contributed by atoms with van der Waals surface area (Å²) < 4.78 is 5.15. The molecule has 1 heterocycles. The van der Waals surface area contributed by atoms with Gasteiger partial charge in [-0.15, -0.1) is 0 Å². The van der Waals surface area contributed by atoms with Gasteiger partial charge in [-0.05, 0) is 62.7 Å². The van der Waals surface area contributed by atoms with Crippen LogP contribution in [0.1, 0.15) is 37.3 Å². The predicted molar refractivity (Wildman–Crippen MR) is 89.0 cm³/mol. The monoisotopic (exact) mass is 318 g/mol. The third-order valence-electron chi connectivity index (χ3n) is 5.19. The molecule has 1 amide bonds. The lowest BCUT2D eigenvalue weighted by atomic mass is 9.75. The van der Waals surface area contributed by atoms with Crippen LogP contribution in [0, 0.1) is 5.92 Å². The Kier molecular flexibility index (Phi) is 4.76. The maximum Gasteiger partial charge on any atom is 0.412 e. The summed E-state index contributed by atoms with van der Waals surface area (Å²) in [4.78, 5) is 14.0. The minimum atomic E-state index is -0.555. The number of fused-ring (bicyclic) bond motifs is 2. The zero-order valence-electron chi connectivity index (χ0n) is 14.0. The number of nitrogens with zero attached hydrogens (tertiary/aromatic N) is 1. The molecule has 2 N–H and O–H groups in total. The van der Waals surface area contributed by atoms with Crippen molar-refractivity contribution >= 4 is 6.09 Å². The molecule has 0 spiro atoms. The zero-order valence-corrected chi connectivity index (χ0v) is 14.0. The van der Waals surface area contributed by atoms with Gasteiger partial charge in [0.15, 0.2) is 11.5 Å². The number of aromatic hydroxyl groups is 1. The van der Waals surface area contributed by atoms with E-state index in [4.69, 9.17) is 4.74 Å². The SMILES string of the molecule is CCCN1CCC[C@@H]2Cc3c(ccc(OC(=O)NC)c3O)C[C@H]21. The lowest BCUT2D eigenvalue weighted by molar-refractivity contribution is 0.0848. The van der Waals surface area contributed by atoms with Crippen LogP contribution in [0.4, 0.5) is 4.79 Å². The molecule has 2 aliphatic rings. The third kappa shape index (κ3) is 3.15. The van der Waals surface area contributed by atoms with Gasteiger partial charge < -0.3 is 15.2 Å². The topological polar surface area (TPSA) is 61.8 Å². The fourth-order valence-electron chi connectivity index (χ4n) is 4.11. The average molecular weight is 318 g/mol. The normalized spacial score (nSPS) is 23.7. The van der Waals surface area contributed by atoms with Crippen LogP contribution in [-0.4, -0.2) is 42.3 Å². The van der Waals surface area contributed by atoms with E-state index in [1.807, 2.05) is 6.07 Å². The number of piperidine rings is 1. The molecule has 1 aliphatic heterocycles. The first-order valence-electron chi connectivity index (χ1n) is 8.61. The number of hydrogen-bond acceptors (Lipinski definition) is 4. The third-order valence-corrected chi connectivity index (χ3v) is 5.19. The van der Waals surface area contributed by atoms with E-state index in [1.54, 1.807) is 6.07 Å². The maximum absolute atomic E-state index is 11.4. The first-order chi connectivity index (χ1) is 11.1. The summed E-state index contributed by atoms with van der Waals surface area (Å²) >= 11 is 0. The maximum atomic E-state index is 11.4. The number of amides is 1. The molecule has 5 nitrogen and oxygen atoms in total. The van der Waals surface area contributed by atoms with E-state index >= 15 is 0 Å². The number of carbonyl (C=O) groups is 1. The predicted octanol–water partition coefficient (Wildman–Crippen LogP) is 2.70. The Morgan fingerprint density at radius 2 is 2.26 bits per heavy atom. The van der Waals surface area contributed by atoms with Crippen LogP contribution in [0.5, 0.6) is 11.5 Å². The first kappa shape index (κ1) is 16.1. The van der Waals surface area contributed by atoms with Crippen LogP contribution >= 0.6 is 0 Å². The number of rotatable bonds is 3. The number of nitrogens with one attached hydrogen (secondary N) is 1. The second kappa shape index (κ2) is 6.79. The Bertz CT molecular complexity index is 586. The Hall–Kier alpha value is -1.75. The standard InChI is InChI=1S/C18H26N2O3/c1-3-8-20-9-4-5-13-10-14-12(11-15(13)20)6-7-16(17(14)21)23-18(22)19-2/h6-7,13,15,21H,3-5,8-11H2,1-2H3,(H,19,22)/t13-,15-/m1/s1. The highest BCUT2D eigenvalue weighted by Crippen LogP contribution is 2.42. The number of likely N-dealkylation sites (tertiary alicyclic amines) is 1. The fraction of sp³-hybridized carbons (Fsp3) is 0.611. The van der Waals surface area contributed by atoms with Gasteiger partial charge >= 0.3 is 6.09 Å². The fourth-order valence-corrected chi connectivity index (χ4v) is 4.11. The summed E-state index contributed by atoms with van der Waals surface area (Å²) in [5.41, 5.74) is 2.15. The number of hydrogen-bond donors (Lipinski definition) is 2. The lowest BCUT2D eigenvalue weighted by Gasteiger charge is -2.44. The van der Waals surface area contributed by atoms with Crippen LogP contribution in [-0.2, 0) is 12.8 Å². The molecule has 5 heteroatoms. The molecule has 0 radical (unpaired) electrons. The van der Waals surface area contributed by atoms with E-state index in [0.717, 1.165) is 24.9 Å². The quantitative estimate of drug-likeness (QED) is 0.899. The van der Waals surface area contributed by atoms with Crippen molar-refractivity contribution in [3.8, 4) is 11.5 Å². The molecular formula is C18H26N2O3. The van der Waals surface area contributed by atoms with Gasteiger partial charge in [0, 0.05) is 18.7 Å². The molecule has 1 fully saturated rings. The molecule has 3 rings (SSSR count). The van der Waals surface area contributed by atoms with Gasteiger partial charge in [-0.2, -0.15) is 0 Å². The summed E-state index contributed by atoms with van der Waals surface area (Å²) in [5, 5.41) is 12.9. The van der Waals surface area contributed by atoms with Gasteiger partial charge in [-0.1, -0.05) is 13.0 Å². The highest BCUT2D eigenvalue weighted by atomic mass is 16.6. The molecule has 2 atom stereocenters. The summed E-state index contributed by atoms with van der Waals surface area (Å²) in [6, 6.07) is 4.29. The van der Waals surface area contributed by atoms with E-state index in [0.29, 0.717) is 12.0 Å². The average Bonchev–Trinajstić information content (AvgIpc) is 2.57. The van der Waals surface area contributed by atoms with E-state index in [9.17, 15) is 9.90 Å². The van der Waals surface area contributed by atoms with Gasteiger partial charge in [0.1, 0.15) is 0 Å². The number of carbonyl (C=O) groups excluding carboxylic acids is 1. The Morgan fingerprint density at radius 1 is 1.43 bits per heavy atom. The van der Waals surface area contributed by atoms with Gasteiger partial charge in [0.25, 0.3) is 0 Å². The highest BCUT2D eigenvalue weighted by Gasteiger charge is 2.36. The molecular weight excluding hydrogens is 292 g/mol. The Balaban J connectivity index is 1.85. The van der Waals surface area contributed by atoms with Crippen LogP contribution in [0.25, 0.3) is 0 Å². The first-order valence-corrected chi connectivity index (χ1v) is 8.61. The minimum Gasteiger partial charge on any atom is -0.504 e. The summed E-state index contributed by atoms with van der Waals surface area (Å²) in [6.07, 6.45) is 4.92. The van der Waals surface area contributed by atoms with Crippen LogP contribution < -0.4 is 10.1 Å². The second-order valence-electron chi connectivity index (χ2n) is 6.60. The van der Waals surface area contributed by atoms with Crippen molar-refractivity contribution in [1.82, 2.24) is 10.2 Å². The molecule has 1 aromatic rings. The van der Waals surface area contributed by atoms with Crippen LogP contribution in [0.3, 0.4) is 0 Å². The van der Waals surface area contributed by atoms with Gasteiger partial charge in [0.05, 0.1) is 0 Å². The smallest absolute Gasteiger partial charge is 0.412 e. The van der Waals surface area contributed by atoms with Crippen molar-refractivity contribution in [2.75, 3.05) is 20.1 Å². The van der Waals surface area contributed by atoms with E-state index < -0.39 is 6.09 Å². The zero-order chi connectivity index (χ0) is 16.4. The van der Waals surface area contributed by atoms with Crippen molar-refractivity contribution in [1.29, 1.82) is 0 Å². The molecule has 1 aliphatic carbocycles. The van der Waals surface area contributed by atoms with Gasteiger partial charge in [-0.25, -0.2) is 4.79 Å². The van der Waals surface area contributed by atoms with Crippen molar-refractivity contribution in [2.24, 2.45) is 5.92 Å². The molecule has 23 heavy (non-hydrogen) atoms. The van der Waals surface area contributed by atoms with Gasteiger partial charge in [-0.3, -0.25) is 4.90 Å². The second-order valence-corrected chi connectivity index (χ2v) is 6.60. The molecule has 126 valence electrons. The Morgan fingerprint density at radius 3 is 3.00 bits per heavy atom. The van der Waals surface area contributed by atoms with E-state index in [1.165, 1.54) is 38.4 Å². The molecule has 0 unspecified atom stereocenters. The van der Waals surface area contributed by atoms with E-state index in [-0.39, 0.29) is 11.5 Å². The van der Waals surface area contributed by atoms with Crippen LogP contribution in [0.2, 0.25) is 0 Å². The largest absolute Gasteiger partial charge is 0.504 e. The number of ether oxygens (including phenoxy) is 1.